The van der Waals surface area contributed by atoms with Crippen LogP contribution in [0.1, 0.15) is 39.2 Å². The van der Waals surface area contributed by atoms with E-state index in [4.69, 9.17) is 4.74 Å². The summed E-state index contributed by atoms with van der Waals surface area (Å²) in [6, 6.07) is 7.29. The Kier molecular flexibility index (Phi) is 6.60. The Morgan fingerprint density at radius 3 is 2.30 bits per heavy atom. The lowest BCUT2D eigenvalue weighted by atomic mass is 9.76. The number of carboxylic acid groups (broad SMARTS) is 1. The van der Waals surface area contributed by atoms with Gasteiger partial charge in [0.1, 0.15) is 5.75 Å². The number of ether oxygens (including phenoxy) is 1. The average molecular weight is 374 g/mol. The van der Waals surface area contributed by atoms with Gasteiger partial charge in [0.25, 0.3) is 5.91 Å². The van der Waals surface area contributed by atoms with Crippen molar-refractivity contribution >= 4 is 17.8 Å². The zero-order valence-corrected chi connectivity index (χ0v) is 16.0. The lowest BCUT2D eigenvalue weighted by molar-refractivity contribution is -0.148. The molecule has 0 fully saturated rings. The number of aryl methyl sites for hydroxylation is 1. The highest BCUT2D eigenvalue weighted by atomic mass is 16.5. The van der Waals surface area contributed by atoms with Gasteiger partial charge in [-0.1, -0.05) is 23.3 Å². The van der Waals surface area contributed by atoms with Gasteiger partial charge in [-0.05, 0) is 58.2 Å². The molecule has 3 unspecified atom stereocenters. The molecule has 0 radical (unpaired) electrons. The summed E-state index contributed by atoms with van der Waals surface area (Å²) in [5, 5.41) is 9.40. The third kappa shape index (κ3) is 5.32. The fourth-order valence-electron chi connectivity index (χ4n) is 3.09. The molecule has 0 aliphatic heterocycles. The molecule has 0 aromatic heterocycles. The predicted octanol–water partition coefficient (Wildman–Crippen LogP) is 2.36. The molecule has 0 bridgehead atoms. The van der Waals surface area contributed by atoms with E-state index in [1.165, 1.54) is 0 Å². The highest BCUT2D eigenvalue weighted by Crippen LogP contribution is 2.34. The van der Waals surface area contributed by atoms with Crippen LogP contribution in [0.3, 0.4) is 0 Å². The maximum atomic E-state index is 12.4. The zero-order valence-electron chi connectivity index (χ0n) is 16.0. The first-order valence-corrected chi connectivity index (χ1v) is 8.90. The normalized spacial score (nSPS) is 20.6. The molecule has 2 amide bonds. The Morgan fingerprint density at radius 2 is 1.70 bits per heavy atom. The maximum Gasteiger partial charge on any atom is 0.307 e. The van der Waals surface area contributed by atoms with Gasteiger partial charge < -0.3 is 9.84 Å². The molecule has 1 aromatic rings. The highest BCUT2D eigenvalue weighted by Gasteiger charge is 2.37. The number of hydrogen-bond acceptors (Lipinski definition) is 4. The van der Waals surface area contributed by atoms with E-state index in [0.717, 1.165) is 16.7 Å². The largest absolute Gasteiger partial charge is 0.481 e. The van der Waals surface area contributed by atoms with Gasteiger partial charge in [0.2, 0.25) is 5.91 Å². The van der Waals surface area contributed by atoms with Gasteiger partial charge in [-0.3, -0.25) is 25.2 Å². The Bertz CT molecular complexity index is 771. The molecule has 7 nitrogen and oxygen atoms in total. The minimum atomic E-state index is -1.01. The van der Waals surface area contributed by atoms with Crippen molar-refractivity contribution in [3.63, 3.8) is 0 Å². The van der Waals surface area contributed by atoms with Crippen molar-refractivity contribution in [3.8, 4) is 5.75 Å². The van der Waals surface area contributed by atoms with Crippen molar-refractivity contribution in [1.82, 2.24) is 10.9 Å². The molecule has 146 valence electrons. The molecule has 27 heavy (non-hydrogen) atoms. The first-order chi connectivity index (χ1) is 12.7. The van der Waals surface area contributed by atoms with Crippen molar-refractivity contribution in [2.45, 2.75) is 46.6 Å². The molecule has 3 atom stereocenters. The maximum absolute atomic E-state index is 12.4. The first kappa shape index (κ1) is 20.5. The van der Waals surface area contributed by atoms with E-state index in [-0.39, 0.29) is 0 Å². The number of hydrogen-bond donors (Lipinski definition) is 3. The van der Waals surface area contributed by atoms with Gasteiger partial charge in [0.05, 0.1) is 11.8 Å². The molecule has 7 heteroatoms. The number of carbonyl (C=O) groups is 3. The molecule has 0 spiro atoms. The second-order valence-corrected chi connectivity index (χ2v) is 7.08. The van der Waals surface area contributed by atoms with E-state index in [1.807, 2.05) is 32.9 Å². The van der Waals surface area contributed by atoms with Crippen LogP contribution in [-0.4, -0.2) is 29.0 Å². The molecular formula is C20H26N2O5. The van der Waals surface area contributed by atoms with Crippen molar-refractivity contribution in [2.24, 2.45) is 11.8 Å². The van der Waals surface area contributed by atoms with Crippen LogP contribution >= 0.6 is 0 Å². The summed E-state index contributed by atoms with van der Waals surface area (Å²) in [7, 11) is 0. The topological polar surface area (TPSA) is 105 Å². The van der Waals surface area contributed by atoms with Crippen LogP contribution in [0.4, 0.5) is 0 Å². The third-order valence-electron chi connectivity index (χ3n) is 4.90. The number of hydrazine groups is 1. The van der Waals surface area contributed by atoms with E-state index in [1.54, 1.807) is 19.1 Å². The van der Waals surface area contributed by atoms with E-state index >= 15 is 0 Å². The number of benzene rings is 1. The molecule has 0 heterocycles. The van der Waals surface area contributed by atoms with Crippen molar-refractivity contribution < 1.29 is 24.2 Å². The molecule has 0 saturated carbocycles. The van der Waals surface area contributed by atoms with Crippen LogP contribution < -0.4 is 15.6 Å². The number of carboxylic acids is 1. The molecule has 1 aliphatic rings. The fraction of sp³-hybridized carbons (Fsp3) is 0.450. The smallest absolute Gasteiger partial charge is 0.307 e. The quantitative estimate of drug-likeness (QED) is 0.542. The monoisotopic (exact) mass is 374 g/mol. The number of nitrogens with one attached hydrogen (secondary N) is 2. The molecule has 1 aromatic carbocycles. The third-order valence-corrected chi connectivity index (χ3v) is 4.90. The Hall–Kier alpha value is -2.83. The lowest BCUT2D eigenvalue weighted by Crippen LogP contribution is -2.51. The zero-order chi connectivity index (χ0) is 20.1. The van der Waals surface area contributed by atoms with Crippen LogP contribution in [0.5, 0.6) is 5.75 Å². The van der Waals surface area contributed by atoms with Crippen molar-refractivity contribution in [2.75, 3.05) is 0 Å². The Labute approximate surface area is 158 Å². The van der Waals surface area contributed by atoms with E-state index in [0.29, 0.717) is 18.6 Å². The molecule has 3 N–H and O–H groups in total. The second kappa shape index (κ2) is 8.70. The van der Waals surface area contributed by atoms with Gasteiger partial charge in [-0.15, -0.1) is 0 Å². The van der Waals surface area contributed by atoms with E-state index in [2.05, 4.69) is 10.9 Å². The molecule has 1 aliphatic carbocycles. The predicted molar refractivity (Wildman–Crippen MR) is 99.8 cm³/mol. The number of aliphatic carboxylic acids is 1. The van der Waals surface area contributed by atoms with Crippen LogP contribution in [0.15, 0.2) is 35.4 Å². The van der Waals surface area contributed by atoms with Crippen molar-refractivity contribution in [3.05, 3.63) is 41.0 Å². The Morgan fingerprint density at radius 1 is 1.07 bits per heavy atom. The summed E-state index contributed by atoms with van der Waals surface area (Å²) in [5.41, 5.74) is 7.68. The SMILES string of the molecule is CC1=C(C)CC(C(=O)NNC(=O)C(C)Oc2cccc(C)c2)C(C(=O)O)C1. The number of allylic oxidation sites excluding steroid dienone is 2. The second-order valence-electron chi connectivity index (χ2n) is 7.08. The summed E-state index contributed by atoms with van der Waals surface area (Å²) in [4.78, 5) is 36.1. The minimum Gasteiger partial charge on any atom is -0.481 e. The summed E-state index contributed by atoms with van der Waals surface area (Å²) >= 11 is 0. The van der Waals surface area contributed by atoms with E-state index < -0.39 is 35.7 Å². The van der Waals surface area contributed by atoms with Gasteiger partial charge >= 0.3 is 5.97 Å². The number of rotatable bonds is 5. The summed E-state index contributed by atoms with van der Waals surface area (Å²) < 4.78 is 5.56. The molecular weight excluding hydrogens is 348 g/mol. The number of carbonyl (C=O) groups excluding carboxylic acids is 2. The standard InChI is InChI=1S/C20H26N2O5/c1-11-6-5-7-15(8-11)27-14(4)18(23)21-22-19(24)16-9-12(2)13(3)10-17(16)20(25)26/h5-8,14,16-17H,9-10H2,1-4H3,(H,21,23)(H,22,24)(H,25,26). The van der Waals surface area contributed by atoms with Crippen LogP contribution in [0.25, 0.3) is 0 Å². The highest BCUT2D eigenvalue weighted by molar-refractivity contribution is 5.88. The average Bonchev–Trinajstić information content (AvgIpc) is 2.61. The van der Waals surface area contributed by atoms with Gasteiger partial charge in [-0.2, -0.15) is 0 Å². The summed E-state index contributed by atoms with van der Waals surface area (Å²) in [6.07, 6.45) is -0.127. The van der Waals surface area contributed by atoms with Crippen LogP contribution in [0.2, 0.25) is 0 Å². The molecule has 0 saturated heterocycles. The van der Waals surface area contributed by atoms with Crippen molar-refractivity contribution in [1.29, 1.82) is 0 Å². The lowest BCUT2D eigenvalue weighted by Gasteiger charge is -2.29. The van der Waals surface area contributed by atoms with Crippen LogP contribution in [0, 0.1) is 18.8 Å². The summed E-state index contributed by atoms with van der Waals surface area (Å²) in [6.45, 7) is 7.26. The Balaban J connectivity index is 1.93. The van der Waals surface area contributed by atoms with Gasteiger partial charge in [0, 0.05) is 0 Å². The van der Waals surface area contributed by atoms with E-state index in [9.17, 15) is 19.5 Å². The molecule has 2 rings (SSSR count). The fourth-order valence-corrected chi connectivity index (χ4v) is 3.09. The first-order valence-electron chi connectivity index (χ1n) is 8.90. The minimum absolute atomic E-state index is 0.333. The number of amides is 2. The van der Waals surface area contributed by atoms with Gasteiger partial charge in [-0.25, -0.2) is 0 Å². The van der Waals surface area contributed by atoms with Crippen LogP contribution in [-0.2, 0) is 14.4 Å². The summed E-state index contributed by atoms with van der Waals surface area (Å²) in [5.74, 6) is -3.00. The van der Waals surface area contributed by atoms with Gasteiger partial charge in [0.15, 0.2) is 6.10 Å².